The van der Waals surface area contributed by atoms with Crippen LogP contribution in [0, 0.1) is 5.92 Å². The maximum atomic E-state index is 12.6. The van der Waals surface area contributed by atoms with Crippen molar-refractivity contribution in [3.8, 4) is 0 Å². The molecule has 3 aliphatic rings. The van der Waals surface area contributed by atoms with Crippen LogP contribution in [-0.2, 0) is 17.8 Å². The second-order valence-corrected chi connectivity index (χ2v) is 7.99. The molecule has 1 aromatic rings. The number of piperidine rings is 1. The van der Waals surface area contributed by atoms with E-state index < -0.39 is 0 Å². The van der Waals surface area contributed by atoms with Gasteiger partial charge in [-0.05, 0) is 31.6 Å². The standard InChI is InChI=1S/C19H31N5O/c25-18(14-15-4-2-1-3-5-15)23-11-7-16(8-12-23)19-22-21-17-6-9-20-10-13-24(17)19/h15-16,20H,1-14H2. The van der Waals surface area contributed by atoms with Crippen LogP contribution in [0.3, 0.4) is 0 Å². The summed E-state index contributed by atoms with van der Waals surface area (Å²) in [6.45, 7) is 4.73. The number of carbonyl (C=O) groups is 1. The van der Waals surface area contributed by atoms with Crippen LogP contribution < -0.4 is 5.32 Å². The van der Waals surface area contributed by atoms with Crippen LogP contribution in [-0.4, -0.2) is 51.8 Å². The summed E-state index contributed by atoms with van der Waals surface area (Å²) in [5, 5.41) is 12.4. The van der Waals surface area contributed by atoms with Gasteiger partial charge < -0.3 is 14.8 Å². The Labute approximate surface area is 150 Å². The van der Waals surface area contributed by atoms with Gasteiger partial charge in [0.2, 0.25) is 5.91 Å². The van der Waals surface area contributed by atoms with Gasteiger partial charge in [-0.25, -0.2) is 0 Å². The minimum Gasteiger partial charge on any atom is -0.343 e. The molecule has 2 aliphatic heterocycles. The molecule has 0 bridgehead atoms. The number of aromatic nitrogens is 3. The highest BCUT2D eigenvalue weighted by molar-refractivity contribution is 5.76. The summed E-state index contributed by atoms with van der Waals surface area (Å²) in [5.74, 6) is 3.75. The first-order valence-electron chi connectivity index (χ1n) is 10.2. The molecule has 6 nitrogen and oxygen atoms in total. The minimum absolute atomic E-state index is 0.384. The first-order valence-corrected chi connectivity index (χ1v) is 10.2. The summed E-state index contributed by atoms with van der Waals surface area (Å²) in [6.07, 6.45) is 10.3. The highest BCUT2D eigenvalue weighted by Gasteiger charge is 2.29. The van der Waals surface area contributed by atoms with E-state index in [1.807, 2.05) is 0 Å². The van der Waals surface area contributed by atoms with E-state index in [9.17, 15) is 4.79 Å². The number of carbonyl (C=O) groups excluding carboxylic acids is 1. The lowest BCUT2D eigenvalue weighted by Crippen LogP contribution is -2.39. The van der Waals surface area contributed by atoms with Gasteiger partial charge >= 0.3 is 0 Å². The second kappa shape index (κ2) is 7.85. The van der Waals surface area contributed by atoms with Crippen molar-refractivity contribution in [1.29, 1.82) is 0 Å². The van der Waals surface area contributed by atoms with E-state index in [1.165, 1.54) is 32.1 Å². The number of fused-ring (bicyclic) bond motifs is 1. The monoisotopic (exact) mass is 345 g/mol. The molecule has 1 aromatic heterocycles. The lowest BCUT2D eigenvalue weighted by atomic mass is 9.86. The molecule has 25 heavy (non-hydrogen) atoms. The molecule has 6 heteroatoms. The fourth-order valence-electron chi connectivity index (χ4n) is 4.75. The molecular formula is C19H31N5O. The predicted molar refractivity (Wildman–Crippen MR) is 96.3 cm³/mol. The molecule has 4 rings (SSSR count). The fourth-order valence-corrected chi connectivity index (χ4v) is 4.75. The molecule has 1 aliphatic carbocycles. The van der Waals surface area contributed by atoms with Gasteiger partial charge in [-0.15, -0.1) is 10.2 Å². The zero-order chi connectivity index (χ0) is 17.1. The summed E-state index contributed by atoms with van der Waals surface area (Å²) in [7, 11) is 0. The highest BCUT2D eigenvalue weighted by atomic mass is 16.2. The molecule has 1 N–H and O–H groups in total. The maximum absolute atomic E-state index is 12.6. The number of hydrogen-bond acceptors (Lipinski definition) is 4. The summed E-state index contributed by atoms with van der Waals surface area (Å²) in [6, 6.07) is 0. The van der Waals surface area contributed by atoms with Crippen molar-refractivity contribution in [3.05, 3.63) is 11.6 Å². The average molecular weight is 345 g/mol. The highest BCUT2D eigenvalue weighted by Crippen LogP contribution is 2.30. The molecule has 1 saturated carbocycles. The van der Waals surface area contributed by atoms with Crippen molar-refractivity contribution >= 4 is 5.91 Å². The Bertz CT molecular complexity index is 585. The van der Waals surface area contributed by atoms with Gasteiger partial charge in [0.1, 0.15) is 11.6 Å². The maximum Gasteiger partial charge on any atom is 0.222 e. The van der Waals surface area contributed by atoms with Gasteiger partial charge in [0.15, 0.2) is 0 Å². The van der Waals surface area contributed by atoms with Crippen molar-refractivity contribution in [2.24, 2.45) is 5.92 Å². The normalized spacial score (nSPS) is 23.3. The number of rotatable bonds is 3. The number of nitrogens with one attached hydrogen (secondary N) is 1. The van der Waals surface area contributed by atoms with Gasteiger partial charge in [-0.3, -0.25) is 4.79 Å². The molecule has 1 saturated heterocycles. The molecular weight excluding hydrogens is 314 g/mol. The number of amides is 1. The van der Waals surface area contributed by atoms with E-state index in [4.69, 9.17) is 0 Å². The van der Waals surface area contributed by atoms with Gasteiger partial charge in [0.05, 0.1) is 0 Å². The van der Waals surface area contributed by atoms with E-state index in [2.05, 4.69) is 25.0 Å². The molecule has 0 atom stereocenters. The average Bonchev–Trinajstić information content (AvgIpc) is 2.91. The SMILES string of the molecule is O=C(CC1CCCCC1)N1CCC(c2nnc3n2CCNCC3)CC1. The third-order valence-corrected chi connectivity index (χ3v) is 6.29. The van der Waals surface area contributed by atoms with E-state index >= 15 is 0 Å². The summed E-state index contributed by atoms with van der Waals surface area (Å²) < 4.78 is 2.32. The van der Waals surface area contributed by atoms with Crippen LogP contribution in [0.15, 0.2) is 0 Å². The first-order chi connectivity index (χ1) is 12.3. The lowest BCUT2D eigenvalue weighted by Gasteiger charge is -2.33. The molecule has 0 aromatic carbocycles. The van der Waals surface area contributed by atoms with Crippen molar-refractivity contribution in [2.45, 2.75) is 70.3 Å². The number of nitrogens with zero attached hydrogens (tertiary/aromatic N) is 4. The molecule has 0 radical (unpaired) electrons. The first kappa shape index (κ1) is 17.0. The molecule has 0 spiro atoms. The van der Waals surface area contributed by atoms with E-state index in [0.717, 1.165) is 70.1 Å². The van der Waals surface area contributed by atoms with Crippen LogP contribution in [0.2, 0.25) is 0 Å². The molecule has 3 heterocycles. The van der Waals surface area contributed by atoms with Crippen LogP contribution in [0.4, 0.5) is 0 Å². The topological polar surface area (TPSA) is 63.1 Å². The number of likely N-dealkylation sites (tertiary alicyclic amines) is 1. The smallest absolute Gasteiger partial charge is 0.222 e. The van der Waals surface area contributed by atoms with Crippen LogP contribution >= 0.6 is 0 Å². The van der Waals surface area contributed by atoms with Gasteiger partial charge in [0, 0.05) is 51.5 Å². The fraction of sp³-hybridized carbons (Fsp3) is 0.842. The van der Waals surface area contributed by atoms with Crippen molar-refractivity contribution in [3.63, 3.8) is 0 Å². The lowest BCUT2D eigenvalue weighted by molar-refractivity contribution is -0.133. The Morgan fingerprint density at radius 1 is 1.00 bits per heavy atom. The molecule has 138 valence electrons. The zero-order valence-corrected chi connectivity index (χ0v) is 15.3. The Morgan fingerprint density at radius 2 is 1.80 bits per heavy atom. The third kappa shape index (κ3) is 3.89. The van der Waals surface area contributed by atoms with Crippen LogP contribution in [0.25, 0.3) is 0 Å². The van der Waals surface area contributed by atoms with Gasteiger partial charge in [0.25, 0.3) is 0 Å². The Hall–Kier alpha value is -1.43. The quantitative estimate of drug-likeness (QED) is 0.911. The minimum atomic E-state index is 0.384. The summed E-state index contributed by atoms with van der Waals surface area (Å²) in [5.41, 5.74) is 0. The van der Waals surface area contributed by atoms with Crippen molar-refractivity contribution < 1.29 is 4.79 Å². The Balaban J connectivity index is 1.32. The Kier molecular flexibility index (Phi) is 5.34. The summed E-state index contributed by atoms with van der Waals surface area (Å²) in [4.78, 5) is 14.7. The van der Waals surface area contributed by atoms with E-state index in [0.29, 0.717) is 17.7 Å². The molecule has 1 amide bonds. The van der Waals surface area contributed by atoms with E-state index in [1.54, 1.807) is 0 Å². The zero-order valence-electron chi connectivity index (χ0n) is 15.3. The molecule has 2 fully saturated rings. The van der Waals surface area contributed by atoms with Gasteiger partial charge in [-0.2, -0.15) is 0 Å². The summed E-state index contributed by atoms with van der Waals surface area (Å²) >= 11 is 0. The van der Waals surface area contributed by atoms with Crippen molar-refractivity contribution in [2.75, 3.05) is 26.2 Å². The van der Waals surface area contributed by atoms with Crippen molar-refractivity contribution in [1.82, 2.24) is 25.0 Å². The third-order valence-electron chi connectivity index (χ3n) is 6.29. The second-order valence-electron chi connectivity index (χ2n) is 7.99. The van der Waals surface area contributed by atoms with E-state index in [-0.39, 0.29) is 0 Å². The largest absolute Gasteiger partial charge is 0.343 e. The predicted octanol–water partition coefficient (Wildman–Crippen LogP) is 2.10. The number of hydrogen-bond donors (Lipinski definition) is 1. The Morgan fingerprint density at radius 3 is 2.60 bits per heavy atom. The molecule has 0 unspecified atom stereocenters. The van der Waals surface area contributed by atoms with Gasteiger partial charge in [-0.1, -0.05) is 19.3 Å². The van der Waals surface area contributed by atoms with Crippen LogP contribution in [0.1, 0.15) is 68.9 Å². The van der Waals surface area contributed by atoms with Crippen LogP contribution in [0.5, 0.6) is 0 Å².